The first kappa shape index (κ1) is 25.2. The molecule has 0 amide bonds. The maximum absolute atomic E-state index is 13.2. The molecule has 0 aliphatic heterocycles. The van der Waals surface area contributed by atoms with Crippen molar-refractivity contribution < 1.29 is 36.5 Å². The van der Waals surface area contributed by atoms with E-state index in [-0.39, 0.29) is 42.2 Å². The molecule has 0 fully saturated rings. The molecule has 9 nitrogen and oxygen atoms in total. The molecule has 3 aromatic rings. The second kappa shape index (κ2) is 9.44. The lowest BCUT2D eigenvalue weighted by Gasteiger charge is -2.14. The quantitative estimate of drug-likeness (QED) is 0.461. The standard InChI is InChI=1S/C20H21F5N4O5/c1-19(21,22)34-13-6-3-5-12(11-13)33-17-26-15-14(28(17)9-7-20(23,24)25)16(31)29(8-4-10-30)18(32)27(15)2/h3,5-6,11,30H,4,7-10H2,1-2H3. The van der Waals surface area contributed by atoms with Crippen molar-refractivity contribution >= 4 is 11.2 Å². The number of imidazole rings is 1. The van der Waals surface area contributed by atoms with E-state index < -0.39 is 42.5 Å². The highest BCUT2D eigenvalue weighted by atomic mass is 19.4. The van der Waals surface area contributed by atoms with Gasteiger partial charge in [0.15, 0.2) is 11.2 Å². The number of rotatable bonds is 9. The Morgan fingerprint density at radius 3 is 2.35 bits per heavy atom. The van der Waals surface area contributed by atoms with Gasteiger partial charge in [0, 0.05) is 39.7 Å². The molecular weight excluding hydrogens is 471 g/mol. The number of aryl methyl sites for hydroxylation is 2. The second-order valence-electron chi connectivity index (χ2n) is 7.45. The van der Waals surface area contributed by atoms with Gasteiger partial charge in [-0.1, -0.05) is 6.07 Å². The molecule has 0 spiro atoms. The van der Waals surface area contributed by atoms with Gasteiger partial charge in [-0.25, -0.2) is 4.79 Å². The van der Waals surface area contributed by atoms with Crippen molar-refractivity contribution in [3.63, 3.8) is 0 Å². The molecule has 0 unspecified atom stereocenters. The van der Waals surface area contributed by atoms with Crippen LogP contribution in [-0.4, -0.2) is 42.7 Å². The largest absolute Gasteiger partial charge is 0.433 e. The fourth-order valence-corrected chi connectivity index (χ4v) is 3.22. The van der Waals surface area contributed by atoms with Crippen LogP contribution in [0, 0.1) is 0 Å². The van der Waals surface area contributed by atoms with Gasteiger partial charge in [0.2, 0.25) is 0 Å². The number of fused-ring (bicyclic) bond motifs is 1. The van der Waals surface area contributed by atoms with E-state index in [0.717, 1.165) is 19.8 Å². The fraction of sp³-hybridized carbons (Fsp3) is 0.450. The molecule has 186 valence electrons. The number of hydrogen-bond acceptors (Lipinski definition) is 6. The van der Waals surface area contributed by atoms with Crippen molar-refractivity contribution in [2.45, 2.75) is 45.1 Å². The Kier molecular flexibility index (Phi) is 7.00. The topological polar surface area (TPSA) is 101 Å². The molecule has 2 heterocycles. The van der Waals surface area contributed by atoms with Crippen LogP contribution in [0.2, 0.25) is 0 Å². The zero-order chi connectivity index (χ0) is 25.3. The number of aromatic nitrogens is 4. The van der Waals surface area contributed by atoms with Crippen LogP contribution in [0.4, 0.5) is 22.0 Å². The lowest BCUT2D eigenvalue weighted by molar-refractivity contribution is -0.159. The van der Waals surface area contributed by atoms with Gasteiger partial charge in [0.1, 0.15) is 11.5 Å². The van der Waals surface area contributed by atoms with E-state index in [2.05, 4.69) is 9.72 Å². The molecule has 2 aromatic heterocycles. The molecule has 0 saturated carbocycles. The minimum atomic E-state index is -4.58. The fourth-order valence-electron chi connectivity index (χ4n) is 3.22. The van der Waals surface area contributed by atoms with E-state index >= 15 is 0 Å². The average Bonchev–Trinajstić information content (AvgIpc) is 3.07. The highest BCUT2D eigenvalue weighted by Gasteiger charge is 2.30. The SMILES string of the molecule is Cn1c(=O)n(CCCO)c(=O)c2c1nc(Oc1cccc(OC(C)(F)F)c1)n2CCC(F)(F)F. The molecule has 0 atom stereocenters. The number of alkyl halides is 5. The first-order valence-electron chi connectivity index (χ1n) is 10.0. The van der Waals surface area contributed by atoms with Crippen molar-refractivity contribution in [2.75, 3.05) is 6.61 Å². The Hall–Kier alpha value is -3.42. The summed E-state index contributed by atoms with van der Waals surface area (Å²) in [5.41, 5.74) is -2.22. The van der Waals surface area contributed by atoms with E-state index in [1.165, 1.54) is 25.2 Å². The van der Waals surface area contributed by atoms with Gasteiger partial charge in [-0.2, -0.15) is 26.9 Å². The van der Waals surface area contributed by atoms with E-state index in [4.69, 9.17) is 9.84 Å². The third-order valence-electron chi connectivity index (χ3n) is 4.67. The zero-order valence-electron chi connectivity index (χ0n) is 18.1. The summed E-state index contributed by atoms with van der Waals surface area (Å²) in [6.45, 7) is -0.709. The first-order valence-corrected chi connectivity index (χ1v) is 10.0. The maximum Gasteiger partial charge on any atom is 0.394 e. The van der Waals surface area contributed by atoms with E-state index in [1.54, 1.807) is 0 Å². The molecule has 3 rings (SSSR count). The van der Waals surface area contributed by atoms with Crippen molar-refractivity contribution in [3.05, 3.63) is 45.1 Å². The minimum Gasteiger partial charge on any atom is -0.433 e. The molecule has 0 saturated heterocycles. The molecule has 0 radical (unpaired) electrons. The molecule has 0 aliphatic rings. The third kappa shape index (κ3) is 5.73. The number of nitrogens with zero attached hydrogens (tertiary/aromatic N) is 4. The highest BCUT2D eigenvalue weighted by molar-refractivity contribution is 5.72. The summed E-state index contributed by atoms with van der Waals surface area (Å²) in [5.74, 6) is -0.377. The Balaban J connectivity index is 2.15. The van der Waals surface area contributed by atoms with Gasteiger partial charge in [-0.15, -0.1) is 0 Å². The van der Waals surface area contributed by atoms with Gasteiger partial charge in [-0.3, -0.25) is 18.5 Å². The van der Waals surface area contributed by atoms with E-state index in [9.17, 15) is 31.5 Å². The Morgan fingerprint density at radius 1 is 1.06 bits per heavy atom. The summed E-state index contributed by atoms with van der Waals surface area (Å²) in [6.07, 6.45) is -9.34. The van der Waals surface area contributed by atoms with Crippen LogP contribution in [-0.2, 0) is 20.1 Å². The van der Waals surface area contributed by atoms with Gasteiger partial charge in [-0.05, 0) is 18.6 Å². The lowest BCUT2D eigenvalue weighted by atomic mass is 10.3. The summed E-state index contributed by atoms with van der Waals surface area (Å²) >= 11 is 0. The Bertz CT molecular complexity index is 1290. The third-order valence-corrected chi connectivity index (χ3v) is 4.67. The summed E-state index contributed by atoms with van der Waals surface area (Å²) in [4.78, 5) is 29.6. The van der Waals surface area contributed by atoms with Crippen LogP contribution in [0.25, 0.3) is 11.2 Å². The van der Waals surface area contributed by atoms with Crippen molar-refractivity contribution in [1.29, 1.82) is 0 Å². The van der Waals surface area contributed by atoms with Crippen LogP contribution in [0.15, 0.2) is 33.9 Å². The monoisotopic (exact) mass is 492 g/mol. The molecule has 0 bridgehead atoms. The molecule has 34 heavy (non-hydrogen) atoms. The summed E-state index contributed by atoms with van der Waals surface area (Å²) in [6, 6.07) is 4.49. The van der Waals surface area contributed by atoms with Gasteiger partial charge >= 0.3 is 24.0 Å². The maximum atomic E-state index is 13.2. The number of aliphatic hydroxyl groups is 1. The van der Waals surface area contributed by atoms with E-state index in [1.807, 2.05) is 0 Å². The molecular formula is C20H21F5N4O5. The average molecular weight is 492 g/mol. The van der Waals surface area contributed by atoms with Crippen LogP contribution in [0.3, 0.4) is 0 Å². The number of aliphatic hydroxyl groups excluding tert-OH is 1. The highest BCUT2D eigenvalue weighted by Crippen LogP contribution is 2.30. The van der Waals surface area contributed by atoms with Crippen LogP contribution < -0.4 is 20.7 Å². The first-order chi connectivity index (χ1) is 15.8. The van der Waals surface area contributed by atoms with E-state index in [0.29, 0.717) is 6.92 Å². The minimum absolute atomic E-state index is 0.0650. The van der Waals surface area contributed by atoms with Crippen LogP contribution in [0.5, 0.6) is 17.5 Å². The van der Waals surface area contributed by atoms with Gasteiger partial charge < -0.3 is 14.6 Å². The summed E-state index contributed by atoms with van der Waals surface area (Å²) in [7, 11) is 1.28. The van der Waals surface area contributed by atoms with Crippen molar-refractivity contribution in [2.24, 2.45) is 7.05 Å². The number of ether oxygens (including phenoxy) is 2. The second-order valence-corrected chi connectivity index (χ2v) is 7.45. The molecule has 14 heteroatoms. The Morgan fingerprint density at radius 2 is 1.74 bits per heavy atom. The zero-order valence-corrected chi connectivity index (χ0v) is 18.1. The van der Waals surface area contributed by atoms with Crippen molar-refractivity contribution in [3.8, 4) is 17.5 Å². The number of benzene rings is 1. The molecule has 0 aliphatic carbocycles. The predicted octanol–water partition coefficient (Wildman–Crippen LogP) is 3.02. The van der Waals surface area contributed by atoms with Gasteiger partial charge in [0.25, 0.3) is 5.56 Å². The summed E-state index contributed by atoms with van der Waals surface area (Å²) in [5, 5.41) is 9.04. The number of halogens is 5. The number of hydrogen-bond donors (Lipinski definition) is 1. The smallest absolute Gasteiger partial charge is 0.394 e. The predicted molar refractivity (Wildman–Crippen MR) is 109 cm³/mol. The molecule has 1 aromatic carbocycles. The van der Waals surface area contributed by atoms with Crippen molar-refractivity contribution in [1.82, 2.24) is 18.7 Å². The molecule has 1 N–H and O–H groups in total. The van der Waals surface area contributed by atoms with Gasteiger partial charge in [0.05, 0.1) is 6.42 Å². The summed E-state index contributed by atoms with van der Waals surface area (Å²) < 4.78 is 77.9. The van der Waals surface area contributed by atoms with Crippen LogP contribution >= 0.6 is 0 Å². The Labute approximate surface area is 188 Å². The van der Waals surface area contributed by atoms with Crippen LogP contribution in [0.1, 0.15) is 19.8 Å². The normalized spacial score (nSPS) is 12.4. The lowest BCUT2D eigenvalue weighted by Crippen LogP contribution is -2.40.